The molecule has 9 nitrogen and oxygen atoms in total. The van der Waals surface area contributed by atoms with Gasteiger partial charge in [0.1, 0.15) is 7.19 Å². The molecule has 1 aromatic carbocycles. The number of fused-ring (bicyclic) bond motifs is 1. The zero-order valence-electron chi connectivity index (χ0n) is 34.4. The molecule has 1 saturated heterocycles. The molecule has 0 bridgehead atoms. The maximum Gasteiger partial charge on any atom is 0.289 e. The summed E-state index contributed by atoms with van der Waals surface area (Å²) in [5.41, 5.74) is -1.43. The molecule has 0 saturated carbocycles. The van der Waals surface area contributed by atoms with Crippen LogP contribution in [0.5, 0.6) is 11.5 Å². The molecule has 1 amide bonds. The Morgan fingerprint density at radius 1 is 1.29 bits per heavy atom. The summed E-state index contributed by atoms with van der Waals surface area (Å²) >= 11 is 0. The van der Waals surface area contributed by atoms with Crippen molar-refractivity contribution in [3.63, 3.8) is 0 Å². The van der Waals surface area contributed by atoms with Crippen molar-refractivity contribution in [2.24, 2.45) is 0 Å². The van der Waals surface area contributed by atoms with Gasteiger partial charge in [-0.3, -0.25) is 4.79 Å². The Labute approximate surface area is 191 Å². The van der Waals surface area contributed by atoms with Crippen LogP contribution in [-0.2, 0) is 0 Å². The van der Waals surface area contributed by atoms with Crippen LogP contribution in [0.4, 0.5) is 11.8 Å². The second-order valence-electron chi connectivity index (χ2n) is 4.89. The number of nitrogen functional groups attached to an aromatic ring is 1. The molecule has 146 valence electrons. The highest BCUT2D eigenvalue weighted by molar-refractivity contribution is 5.92. The number of nitrogens with two attached hydrogens (primary N) is 1. The zero-order valence-corrected chi connectivity index (χ0v) is 13.4. The smallest absolute Gasteiger partial charge is 0.289 e. The van der Waals surface area contributed by atoms with Crippen LogP contribution in [0.15, 0.2) is 34.8 Å². The van der Waals surface area contributed by atoms with Crippen LogP contribution in [0.1, 0.15) is 36.6 Å². The first-order valence-corrected chi connectivity index (χ1v) is 7.14. The van der Waals surface area contributed by atoms with E-state index < -0.39 is 127 Å². The normalized spacial score (nSPS) is 33.2. The van der Waals surface area contributed by atoms with Gasteiger partial charge >= 0.3 is 0 Å². The minimum atomic E-state index is -4.00. The van der Waals surface area contributed by atoms with E-state index in [-0.39, 0.29) is 4.90 Å². The summed E-state index contributed by atoms with van der Waals surface area (Å²) < 4.78 is 183. The van der Waals surface area contributed by atoms with Gasteiger partial charge in [-0.15, -0.1) is 0 Å². The number of nitrogens with zero attached hydrogens (tertiary/aromatic N) is 4. The summed E-state index contributed by atoms with van der Waals surface area (Å²) in [5, 5.41) is -0.893. The molecule has 1 aliphatic rings. The number of piperazine rings is 1. The lowest BCUT2D eigenvalue weighted by Crippen LogP contribution is -2.49. The zero-order chi connectivity index (χ0) is 37.8. The van der Waals surface area contributed by atoms with Gasteiger partial charge < -0.3 is 29.4 Å². The van der Waals surface area contributed by atoms with E-state index in [1.807, 2.05) is 0 Å². The Bertz CT molecular complexity index is 1810. The molecule has 4 rings (SSSR count). The van der Waals surface area contributed by atoms with Crippen LogP contribution in [0, 0.1) is 0 Å². The molecular formula is C19H21N5O4. The SMILES string of the molecule is [2H]c1oc(C(=O)N2C([2H])([2H])C([2H])([2H])N(c3nc(N([2H])[2H])c4c([2H])c(OC([2H])([2H])[2H])c(OC([2H])([2H])[2H])c([2H])c4n3)C([2H])([2H])C2([2H])[2H])c([2H])c1[2H]. The van der Waals surface area contributed by atoms with E-state index in [0.29, 0.717) is 0 Å². The van der Waals surface area contributed by atoms with Crippen molar-refractivity contribution in [2.45, 2.75) is 0 Å². The number of amides is 1. The highest BCUT2D eigenvalue weighted by Gasteiger charge is 2.25. The van der Waals surface area contributed by atoms with E-state index in [9.17, 15) is 4.79 Å². The van der Waals surface area contributed by atoms with Gasteiger partial charge in [0.2, 0.25) is 5.95 Å². The molecule has 1 fully saturated rings. The number of carbonyl (C=O) groups excluding carboxylic acids is 1. The third-order valence-electron chi connectivity index (χ3n) is 3.28. The summed E-state index contributed by atoms with van der Waals surface area (Å²) in [6.45, 7) is -16.0. The van der Waals surface area contributed by atoms with Crippen molar-refractivity contribution in [3.8, 4) is 11.5 Å². The summed E-state index contributed by atoms with van der Waals surface area (Å²) in [6.07, 6.45) is -1.07. The van der Waals surface area contributed by atoms with Gasteiger partial charge in [0.25, 0.3) is 5.91 Å². The topological polar surface area (TPSA) is 107 Å². The maximum absolute atomic E-state index is 13.4. The number of furan rings is 1. The minimum Gasteiger partial charge on any atom is -0.493 e. The van der Waals surface area contributed by atoms with Crippen molar-refractivity contribution in [1.29, 1.82) is 0 Å². The summed E-state index contributed by atoms with van der Waals surface area (Å²) in [5.74, 6) is -8.34. The third-order valence-corrected chi connectivity index (χ3v) is 3.28. The van der Waals surface area contributed by atoms with Gasteiger partial charge in [-0.2, -0.15) is 4.98 Å². The summed E-state index contributed by atoms with van der Waals surface area (Å²) in [4.78, 5) is 19.8. The van der Waals surface area contributed by atoms with Crippen molar-refractivity contribution in [3.05, 3.63) is 36.2 Å². The van der Waals surface area contributed by atoms with E-state index >= 15 is 0 Å². The second-order valence-corrected chi connectivity index (χ2v) is 4.89. The Morgan fingerprint density at radius 2 is 2.07 bits per heavy atom. The molecule has 3 heterocycles. The first-order valence-electron chi connectivity index (χ1n) is 17.5. The van der Waals surface area contributed by atoms with E-state index in [1.165, 1.54) is 0 Å². The molecule has 1 aliphatic heterocycles. The molecule has 0 atom stereocenters. The van der Waals surface area contributed by atoms with E-state index in [2.05, 4.69) is 9.97 Å². The standard InChI is InChI=1S/C19H21N5O4/c1-26-15-10-12-13(11-16(15)27-2)21-19(22-17(12)20)24-7-5-23(6-8-24)18(25)14-4-3-9-28-14/h3-4,9-11H,5-8H2,1-2H3,(H2,20,21,22)/i1D3,2D3,3D,4D,5D2,6D2,7D2,8D2,9D,10D,11D/hD2. The van der Waals surface area contributed by atoms with Crippen molar-refractivity contribution in [1.82, 2.24) is 14.9 Å². The number of anilines is 2. The number of hydrogen-bond acceptors (Lipinski definition) is 8. The molecule has 28 heavy (non-hydrogen) atoms. The Kier molecular flexibility index (Phi) is 1.49. The fourth-order valence-corrected chi connectivity index (χ4v) is 2.06. The van der Waals surface area contributed by atoms with Gasteiger partial charge in [0, 0.05) is 37.4 Å². The Balaban J connectivity index is 2.08. The van der Waals surface area contributed by atoms with Crippen LogP contribution in [0.25, 0.3) is 10.9 Å². The van der Waals surface area contributed by atoms with Crippen LogP contribution < -0.4 is 20.1 Å². The van der Waals surface area contributed by atoms with Gasteiger partial charge in [-0.1, -0.05) is 0 Å². The Hall–Kier alpha value is -3.49. The first kappa shape index (κ1) is 5.76. The molecule has 3 aromatic rings. The van der Waals surface area contributed by atoms with Crippen molar-refractivity contribution < 1.29 is 47.6 Å². The van der Waals surface area contributed by atoms with Gasteiger partial charge in [-0.25, -0.2) is 4.98 Å². The molecule has 0 unspecified atom stereocenters. The van der Waals surface area contributed by atoms with Crippen molar-refractivity contribution >= 4 is 28.6 Å². The number of methoxy groups -OCH3 is 2. The fourth-order valence-electron chi connectivity index (χ4n) is 2.06. The number of rotatable bonds is 5. The highest BCUT2D eigenvalue weighted by atomic mass is 16.5. The predicted molar refractivity (Wildman–Crippen MR) is 104 cm³/mol. The molecular weight excluding hydrogens is 362 g/mol. The van der Waals surface area contributed by atoms with Crippen LogP contribution >= 0.6 is 0 Å². The van der Waals surface area contributed by atoms with Crippen LogP contribution in [0.3, 0.4) is 0 Å². The summed E-state index contributed by atoms with van der Waals surface area (Å²) in [6, 6.07) is -4.51. The molecule has 2 aromatic heterocycles. The molecule has 0 aliphatic carbocycles. The fraction of sp³-hybridized carbons (Fsp3) is 0.316. The average molecular weight is 405 g/mol. The second kappa shape index (κ2) is 7.26. The predicted octanol–water partition coefficient (Wildman–Crippen LogP) is 1.78. The van der Waals surface area contributed by atoms with Gasteiger partial charge in [0.05, 0.1) is 50.5 Å². The number of ether oxygens (including phenoxy) is 2. The minimum absolute atomic E-state index is 0.383. The van der Waals surface area contributed by atoms with Gasteiger partial charge in [0.15, 0.2) is 20.1 Å². The average Bonchev–Trinajstić information content (AvgIpc) is 3.17. The number of carbonyl (C=O) groups is 1. The molecule has 0 radical (unpaired) electrons. The lowest BCUT2D eigenvalue weighted by molar-refractivity contribution is 0.0714. The first-order chi connectivity index (χ1) is 21.9. The highest BCUT2D eigenvalue weighted by Crippen LogP contribution is 2.34. The quantitative estimate of drug-likeness (QED) is 0.686. The number of hydrogen-bond donors (Lipinski definition) is 1. The Morgan fingerprint density at radius 3 is 2.75 bits per heavy atom. The molecule has 2 N–H and O–H groups in total. The number of benzene rings is 1. The monoisotopic (exact) mass is 404 g/mol. The summed E-state index contributed by atoms with van der Waals surface area (Å²) in [7, 11) is -6.83. The van der Waals surface area contributed by atoms with Crippen LogP contribution in [0.2, 0.25) is 2.82 Å². The number of aromatic nitrogens is 2. The largest absolute Gasteiger partial charge is 0.493 e. The molecule has 9 heteroatoms. The van der Waals surface area contributed by atoms with Gasteiger partial charge in [-0.05, 0) is 18.1 Å². The maximum atomic E-state index is 13.4. The van der Waals surface area contributed by atoms with E-state index in [1.54, 1.807) is 0 Å². The van der Waals surface area contributed by atoms with E-state index in [4.69, 9.17) is 42.8 Å². The van der Waals surface area contributed by atoms with Crippen molar-refractivity contribution in [2.75, 3.05) is 50.7 Å². The lowest BCUT2D eigenvalue weighted by atomic mass is 10.2. The third kappa shape index (κ3) is 3.15. The lowest BCUT2D eigenvalue weighted by Gasteiger charge is -2.34. The van der Waals surface area contributed by atoms with Crippen LogP contribution in [-0.4, -0.2) is 60.8 Å². The molecule has 0 spiro atoms. The van der Waals surface area contributed by atoms with E-state index in [0.717, 1.165) is 0 Å².